The fourth-order valence-corrected chi connectivity index (χ4v) is 4.52. The lowest BCUT2D eigenvalue weighted by Crippen LogP contribution is -2.26. The lowest BCUT2D eigenvalue weighted by atomic mass is 9.90. The van der Waals surface area contributed by atoms with E-state index in [9.17, 15) is 18.0 Å². The van der Waals surface area contributed by atoms with Crippen LogP contribution in [0.25, 0.3) is 0 Å². The Balaban J connectivity index is 1.51. The zero-order valence-electron chi connectivity index (χ0n) is 20.2. The normalized spacial score (nSPS) is 14.4. The molecule has 6 nitrogen and oxygen atoms in total. The van der Waals surface area contributed by atoms with Gasteiger partial charge in [-0.2, -0.15) is 13.2 Å². The first kappa shape index (κ1) is 25.6. The third-order valence-electron chi connectivity index (χ3n) is 6.53. The second-order valence-electron chi connectivity index (χ2n) is 8.94. The minimum atomic E-state index is -4.56. The number of likely N-dealkylation sites (N-methyl/N-ethyl adjacent to an activating group) is 1. The van der Waals surface area contributed by atoms with E-state index >= 15 is 0 Å². The van der Waals surface area contributed by atoms with Gasteiger partial charge in [-0.3, -0.25) is 4.79 Å². The van der Waals surface area contributed by atoms with E-state index in [-0.39, 0.29) is 30.4 Å². The summed E-state index contributed by atoms with van der Waals surface area (Å²) in [6.45, 7) is 2.01. The molecule has 36 heavy (non-hydrogen) atoms. The van der Waals surface area contributed by atoms with E-state index in [0.29, 0.717) is 18.0 Å². The lowest BCUT2D eigenvalue weighted by Gasteiger charge is -2.23. The summed E-state index contributed by atoms with van der Waals surface area (Å²) in [6.07, 6.45) is -1.00. The van der Waals surface area contributed by atoms with Crippen LogP contribution in [0.15, 0.2) is 54.7 Å². The fraction of sp³-hybridized carbons (Fsp3) is 0.370. The summed E-state index contributed by atoms with van der Waals surface area (Å²) in [6, 6.07) is 15.2. The Morgan fingerprint density at radius 1 is 1.03 bits per heavy atom. The van der Waals surface area contributed by atoms with Gasteiger partial charge >= 0.3 is 6.18 Å². The first-order chi connectivity index (χ1) is 17.3. The van der Waals surface area contributed by atoms with Gasteiger partial charge in [0.25, 0.3) is 0 Å². The van der Waals surface area contributed by atoms with Gasteiger partial charge in [-0.05, 0) is 73.5 Å². The van der Waals surface area contributed by atoms with Crippen LogP contribution in [0.5, 0.6) is 0 Å². The monoisotopic (exact) mass is 497 g/mol. The van der Waals surface area contributed by atoms with Crippen molar-refractivity contribution in [3.8, 4) is 0 Å². The number of benzene rings is 2. The van der Waals surface area contributed by atoms with Crippen molar-refractivity contribution in [1.29, 1.82) is 0 Å². The summed E-state index contributed by atoms with van der Waals surface area (Å²) < 4.78 is 41.1. The molecule has 0 aliphatic carbocycles. The number of halogens is 3. The minimum absolute atomic E-state index is 0.0610. The number of rotatable bonds is 8. The average molecular weight is 498 g/mol. The smallest absolute Gasteiger partial charge is 0.359 e. The second-order valence-corrected chi connectivity index (χ2v) is 8.94. The van der Waals surface area contributed by atoms with Crippen molar-refractivity contribution in [3.63, 3.8) is 0 Å². The predicted octanol–water partition coefficient (Wildman–Crippen LogP) is 4.78. The molecule has 2 heterocycles. The Hall–Kier alpha value is -3.46. The molecule has 9 heteroatoms. The third-order valence-corrected chi connectivity index (χ3v) is 6.53. The molecule has 1 fully saturated rings. The largest absolute Gasteiger partial charge is 0.419 e. The number of nitrogens with one attached hydrogen (secondary N) is 3. The van der Waals surface area contributed by atoms with Crippen LogP contribution < -0.4 is 16.0 Å². The van der Waals surface area contributed by atoms with Crippen molar-refractivity contribution in [2.24, 2.45) is 0 Å². The molecule has 4 rings (SSSR count). The Morgan fingerprint density at radius 2 is 1.72 bits per heavy atom. The van der Waals surface area contributed by atoms with E-state index in [4.69, 9.17) is 0 Å². The molecular weight excluding hydrogens is 467 g/mol. The molecule has 1 aliphatic heterocycles. The number of hydrogen-bond donors (Lipinski definition) is 3. The van der Waals surface area contributed by atoms with Crippen LogP contribution in [0.1, 0.15) is 46.7 Å². The zero-order valence-corrected chi connectivity index (χ0v) is 20.2. The summed E-state index contributed by atoms with van der Waals surface area (Å²) in [5.74, 6) is 0.477. The Morgan fingerprint density at radius 3 is 2.39 bits per heavy atom. The Kier molecular flexibility index (Phi) is 8.20. The quantitative estimate of drug-likeness (QED) is 0.418. The number of alkyl halides is 3. The van der Waals surface area contributed by atoms with Crippen LogP contribution in [-0.4, -0.2) is 36.0 Å². The van der Waals surface area contributed by atoms with Crippen molar-refractivity contribution in [2.45, 2.75) is 44.2 Å². The van der Waals surface area contributed by atoms with E-state index in [1.807, 2.05) is 48.5 Å². The second kappa shape index (κ2) is 11.5. The zero-order chi connectivity index (χ0) is 25.5. The topological polar surface area (TPSA) is 78.9 Å². The molecule has 1 aliphatic rings. The number of hydrogen-bond acceptors (Lipinski definition) is 5. The number of carbonyl (C=O) groups excluding carboxylic acids is 1. The van der Waals surface area contributed by atoms with Crippen molar-refractivity contribution in [3.05, 3.63) is 82.7 Å². The van der Waals surface area contributed by atoms with Crippen molar-refractivity contribution in [2.75, 3.05) is 25.5 Å². The molecule has 1 saturated heterocycles. The van der Waals surface area contributed by atoms with E-state index in [1.165, 1.54) is 5.56 Å². The van der Waals surface area contributed by atoms with E-state index in [2.05, 4.69) is 25.9 Å². The van der Waals surface area contributed by atoms with Crippen molar-refractivity contribution in [1.82, 2.24) is 20.6 Å². The minimum Gasteiger partial charge on any atom is -0.359 e. The molecular formula is C27H30F3N5O. The van der Waals surface area contributed by atoms with E-state index in [0.717, 1.165) is 43.3 Å². The number of amides is 1. The van der Waals surface area contributed by atoms with Gasteiger partial charge in [0.05, 0.1) is 17.7 Å². The van der Waals surface area contributed by atoms with Gasteiger partial charge in [0, 0.05) is 18.9 Å². The maximum atomic E-state index is 13.7. The SMILES string of the molecule is CNC(=O)Cc1ccccc1CCc1nc(Nc2ccc(C3CCNCC3)cc2)ncc1C(F)(F)F. The first-order valence-corrected chi connectivity index (χ1v) is 12.1. The van der Waals surface area contributed by atoms with Gasteiger partial charge in [0.2, 0.25) is 11.9 Å². The highest BCUT2D eigenvalue weighted by Crippen LogP contribution is 2.32. The van der Waals surface area contributed by atoms with Gasteiger partial charge in [-0.15, -0.1) is 0 Å². The van der Waals surface area contributed by atoms with Gasteiger partial charge in [-0.25, -0.2) is 9.97 Å². The summed E-state index contributed by atoms with van der Waals surface area (Å²) in [7, 11) is 1.55. The summed E-state index contributed by atoms with van der Waals surface area (Å²) in [5, 5.41) is 8.97. The van der Waals surface area contributed by atoms with Gasteiger partial charge in [0.15, 0.2) is 0 Å². The summed E-state index contributed by atoms with van der Waals surface area (Å²) in [4.78, 5) is 20.0. The molecule has 0 radical (unpaired) electrons. The van der Waals surface area contributed by atoms with Gasteiger partial charge in [-0.1, -0.05) is 36.4 Å². The first-order valence-electron chi connectivity index (χ1n) is 12.1. The molecule has 3 aromatic rings. The molecule has 0 spiro atoms. The number of piperidine rings is 1. The molecule has 190 valence electrons. The third kappa shape index (κ3) is 6.60. The summed E-state index contributed by atoms with van der Waals surface area (Å²) in [5.41, 5.74) is 2.64. The maximum Gasteiger partial charge on any atom is 0.419 e. The Bertz CT molecular complexity index is 1170. The number of nitrogens with zero attached hydrogens (tertiary/aromatic N) is 2. The summed E-state index contributed by atoms with van der Waals surface area (Å²) >= 11 is 0. The molecule has 0 unspecified atom stereocenters. The average Bonchev–Trinajstić information content (AvgIpc) is 2.88. The predicted molar refractivity (Wildman–Crippen MR) is 133 cm³/mol. The highest BCUT2D eigenvalue weighted by molar-refractivity contribution is 5.78. The van der Waals surface area contributed by atoms with Crippen LogP contribution in [-0.2, 0) is 30.2 Å². The van der Waals surface area contributed by atoms with Crippen LogP contribution >= 0.6 is 0 Å². The molecule has 3 N–H and O–H groups in total. The van der Waals surface area contributed by atoms with Crippen LogP contribution in [0.2, 0.25) is 0 Å². The molecule has 0 saturated carbocycles. The number of aryl methyl sites for hydroxylation is 2. The standard InChI is InChI=1S/C27H30F3N5O/c1-31-25(36)16-21-5-3-2-4-18(21)8-11-24-23(27(28,29)30)17-33-26(35-24)34-22-9-6-19(7-10-22)20-12-14-32-15-13-20/h2-7,9-10,17,20,32H,8,11-16H2,1H3,(H,31,36)(H,33,34,35). The molecule has 2 aromatic carbocycles. The van der Waals surface area contributed by atoms with Crippen LogP contribution in [0.3, 0.4) is 0 Å². The maximum absolute atomic E-state index is 13.7. The van der Waals surface area contributed by atoms with Gasteiger partial charge < -0.3 is 16.0 Å². The lowest BCUT2D eigenvalue weighted by molar-refractivity contribution is -0.138. The fourth-order valence-electron chi connectivity index (χ4n) is 4.52. The van der Waals surface area contributed by atoms with Gasteiger partial charge in [0.1, 0.15) is 0 Å². The number of carbonyl (C=O) groups is 1. The van der Waals surface area contributed by atoms with Crippen LogP contribution in [0, 0.1) is 0 Å². The highest BCUT2D eigenvalue weighted by atomic mass is 19.4. The van der Waals surface area contributed by atoms with Crippen LogP contribution in [0.4, 0.5) is 24.8 Å². The Labute approximate surface area is 208 Å². The molecule has 0 bridgehead atoms. The number of aromatic nitrogens is 2. The van der Waals surface area contributed by atoms with E-state index in [1.54, 1.807) is 7.05 Å². The van der Waals surface area contributed by atoms with Crippen molar-refractivity contribution >= 4 is 17.5 Å². The molecule has 1 aromatic heterocycles. The highest BCUT2D eigenvalue weighted by Gasteiger charge is 2.35. The number of anilines is 2. The van der Waals surface area contributed by atoms with Crippen molar-refractivity contribution < 1.29 is 18.0 Å². The molecule has 0 atom stereocenters. The molecule has 1 amide bonds. The van der Waals surface area contributed by atoms with E-state index < -0.39 is 11.7 Å².